The second-order valence-corrected chi connectivity index (χ2v) is 5.48. The molecule has 1 aromatic heterocycles. The summed E-state index contributed by atoms with van der Waals surface area (Å²) in [6.45, 7) is 1.27. The number of hydroxylamine groups is 2. The minimum Gasteiger partial charge on any atom is -0.491 e. The summed E-state index contributed by atoms with van der Waals surface area (Å²) in [5.41, 5.74) is 0. The Morgan fingerprint density at radius 3 is 2.90 bits per heavy atom. The summed E-state index contributed by atoms with van der Waals surface area (Å²) in [5, 5.41) is 6.69. The fourth-order valence-electron chi connectivity index (χ4n) is 2.37. The van der Waals surface area contributed by atoms with Crippen molar-refractivity contribution in [2.24, 2.45) is 0 Å². The number of benzene rings is 1. The van der Waals surface area contributed by atoms with E-state index < -0.39 is 0 Å². The molecular formula is C14H17ClN4O2. The molecule has 0 N–H and O–H groups in total. The van der Waals surface area contributed by atoms with Crippen LogP contribution in [0.1, 0.15) is 6.42 Å². The van der Waals surface area contributed by atoms with Crippen molar-refractivity contribution < 1.29 is 9.57 Å². The fraction of sp³-hybridized carbons (Fsp3) is 0.429. The average molecular weight is 309 g/mol. The number of aromatic nitrogens is 3. The minimum absolute atomic E-state index is 0.0409. The fourth-order valence-corrected chi connectivity index (χ4v) is 2.49. The standard InChI is InChI=1S/C14H17ClN4O2/c1-18-12(7-19-10-16-9-17-19)6-14(21-18)8-20-13-4-2-11(15)3-5-13/h2-5,9-10,12,14H,6-8H2,1H3. The van der Waals surface area contributed by atoms with Gasteiger partial charge in [-0.1, -0.05) is 11.6 Å². The van der Waals surface area contributed by atoms with Gasteiger partial charge in [-0.3, -0.25) is 9.52 Å². The first kappa shape index (κ1) is 14.3. The van der Waals surface area contributed by atoms with E-state index in [-0.39, 0.29) is 12.1 Å². The van der Waals surface area contributed by atoms with Crippen LogP contribution in [-0.2, 0) is 11.4 Å². The first-order chi connectivity index (χ1) is 10.2. The Hall–Kier alpha value is -1.63. The second-order valence-electron chi connectivity index (χ2n) is 5.05. The normalized spacial score (nSPS) is 22.6. The van der Waals surface area contributed by atoms with Gasteiger partial charge in [-0.25, -0.2) is 4.98 Å². The van der Waals surface area contributed by atoms with Crippen LogP contribution in [0.4, 0.5) is 0 Å². The summed E-state index contributed by atoms with van der Waals surface area (Å²) in [4.78, 5) is 9.74. The van der Waals surface area contributed by atoms with Gasteiger partial charge in [0.05, 0.1) is 12.6 Å². The SMILES string of the molecule is CN1OC(COc2ccc(Cl)cc2)CC1Cn1cncn1. The van der Waals surface area contributed by atoms with Gasteiger partial charge in [0.15, 0.2) is 0 Å². The third-order valence-electron chi connectivity index (χ3n) is 3.48. The van der Waals surface area contributed by atoms with Crippen LogP contribution < -0.4 is 4.74 Å². The lowest BCUT2D eigenvalue weighted by Crippen LogP contribution is -2.28. The molecule has 21 heavy (non-hydrogen) atoms. The monoisotopic (exact) mass is 308 g/mol. The van der Waals surface area contributed by atoms with Crippen molar-refractivity contribution in [1.29, 1.82) is 0 Å². The second kappa shape index (κ2) is 6.43. The molecule has 2 unspecified atom stereocenters. The highest BCUT2D eigenvalue weighted by molar-refractivity contribution is 6.30. The summed E-state index contributed by atoms with van der Waals surface area (Å²) in [7, 11) is 1.93. The molecule has 3 rings (SSSR count). The van der Waals surface area contributed by atoms with Crippen molar-refractivity contribution in [3.63, 3.8) is 0 Å². The van der Waals surface area contributed by atoms with Crippen molar-refractivity contribution in [2.45, 2.75) is 25.1 Å². The van der Waals surface area contributed by atoms with Crippen LogP contribution in [-0.4, -0.2) is 45.6 Å². The molecule has 1 fully saturated rings. The van der Waals surface area contributed by atoms with Crippen molar-refractivity contribution in [3.05, 3.63) is 41.9 Å². The van der Waals surface area contributed by atoms with Crippen molar-refractivity contribution in [1.82, 2.24) is 19.8 Å². The Bertz CT molecular complexity index is 561. The maximum absolute atomic E-state index is 5.84. The molecule has 0 amide bonds. The van der Waals surface area contributed by atoms with Gasteiger partial charge in [0, 0.05) is 12.1 Å². The number of ether oxygens (including phenoxy) is 1. The van der Waals surface area contributed by atoms with E-state index in [2.05, 4.69) is 10.1 Å². The number of likely N-dealkylation sites (N-methyl/N-ethyl adjacent to an activating group) is 1. The molecule has 1 aliphatic heterocycles. The predicted molar refractivity (Wildman–Crippen MR) is 78.0 cm³/mol. The first-order valence-electron chi connectivity index (χ1n) is 6.81. The maximum Gasteiger partial charge on any atom is 0.137 e. The first-order valence-corrected chi connectivity index (χ1v) is 7.19. The van der Waals surface area contributed by atoms with Crippen molar-refractivity contribution in [3.8, 4) is 5.75 Å². The quantitative estimate of drug-likeness (QED) is 0.846. The lowest BCUT2D eigenvalue weighted by atomic mass is 10.1. The van der Waals surface area contributed by atoms with E-state index in [9.17, 15) is 0 Å². The molecule has 2 aromatic rings. The maximum atomic E-state index is 5.84. The summed E-state index contributed by atoms with van der Waals surface area (Å²) < 4.78 is 7.54. The molecule has 1 aromatic carbocycles. The van der Waals surface area contributed by atoms with Crippen molar-refractivity contribution in [2.75, 3.05) is 13.7 Å². The average Bonchev–Trinajstić information content (AvgIpc) is 3.10. The number of rotatable bonds is 5. The van der Waals surface area contributed by atoms with Gasteiger partial charge >= 0.3 is 0 Å². The van der Waals surface area contributed by atoms with E-state index in [1.165, 1.54) is 6.33 Å². The van der Waals surface area contributed by atoms with Gasteiger partial charge in [-0.05, 0) is 30.7 Å². The third kappa shape index (κ3) is 3.72. The van der Waals surface area contributed by atoms with E-state index >= 15 is 0 Å². The molecule has 0 bridgehead atoms. The van der Waals surface area contributed by atoms with Gasteiger partial charge in [-0.2, -0.15) is 10.2 Å². The number of halogens is 1. The highest BCUT2D eigenvalue weighted by Gasteiger charge is 2.31. The van der Waals surface area contributed by atoms with Crippen LogP contribution in [0.3, 0.4) is 0 Å². The molecule has 2 heterocycles. The van der Waals surface area contributed by atoms with Crippen molar-refractivity contribution >= 4 is 11.6 Å². The van der Waals surface area contributed by atoms with E-state index in [1.807, 2.05) is 41.1 Å². The Morgan fingerprint density at radius 2 is 2.19 bits per heavy atom. The van der Waals surface area contributed by atoms with Gasteiger partial charge in [0.2, 0.25) is 0 Å². The lowest BCUT2D eigenvalue weighted by Gasteiger charge is -2.16. The molecule has 1 saturated heterocycles. The Morgan fingerprint density at radius 1 is 1.38 bits per heavy atom. The van der Waals surface area contributed by atoms with Gasteiger partial charge in [0.1, 0.15) is 31.1 Å². The zero-order valence-corrected chi connectivity index (χ0v) is 12.5. The molecule has 112 valence electrons. The van der Waals surface area contributed by atoms with E-state index in [0.29, 0.717) is 11.6 Å². The third-order valence-corrected chi connectivity index (χ3v) is 3.73. The Kier molecular flexibility index (Phi) is 4.38. The molecule has 7 heteroatoms. The summed E-state index contributed by atoms with van der Waals surface area (Å²) in [6.07, 6.45) is 4.19. The van der Waals surface area contributed by atoms with E-state index in [4.69, 9.17) is 21.2 Å². The van der Waals surface area contributed by atoms with Crippen LogP contribution in [0.15, 0.2) is 36.9 Å². The number of hydrogen-bond donors (Lipinski definition) is 0. The molecule has 2 atom stereocenters. The van der Waals surface area contributed by atoms with Gasteiger partial charge in [0.25, 0.3) is 0 Å². The highest BCUT2D eigenvalue weighted by Crippen LogP contribution is 2.22. The molecule has 6 nitrogen and oxygen atoms in total. The highest BCUT2D eigenvalue weighted by atomic mass is 35.5. The summed E-state index contributed by atoms with van der Waals surface area (Å²) in [5.74, 6) is 0.797. The molecular weight excluding hydrogens is 292 g/mol. The van der Waals surface area contributed by atoms with Crippen LogP contribution in [0, 0.1) is 0 Å². The van der Waals surface area contributed by atoms with Crippen LogP contribution in [0.25, 0.3) is 0 Å². The largest absolute Gasteiger partial charge is 0.491 e. The topological polar surface area (TPSA) is 52.4 Å². The zero-order chi connectivity index (χ0) is 14.7. The Balaban J connectivity index is 1.50. The van der Waals surface area contributed by atoms with Gasteiger partial charge in [-0.15, -0.1) is 0 Å². The number of hydrogen-bond acceptors (Lipinski definition) is 5. The van der Waals surface area contributed by atoms with E-state index in [1.54, 1.807) is 6.33 Å². The van der Waals surface area contributed by atoms with Crippen LogP contribution >= 0.6 is 11.6 Å². The predicted octanol–water partition coefficient (Wildman–Crippen LogP) is 2.01. The summed E-state index contributed by atoms with van der Waals surface area (Å²) in [6, 6.07) is 7.60. The minimum atomic E-state index is 0.0409. The molecule has 0 aliphatic carbocycles. The van der Waals surface area contributed by atoms with Crippen LogP contribution in [0.5, 0.6) is 5.75 Å². The molecule has 0 radical (unpaired) electrons. The number of nitrogens with zero attached hydrogens (tertiary/aromatic N) is 4. The molecule has 0 spiro atoms. The zero-order valence-electron chi connectivity index (χ0n) is 11.7. The van der Waals surface area contributed by atoms with E-state index in [0.717, 1.165) is 18.7 Å². The smallest absolute Gasteiger partial charge is 0.137 e. The lowest BCUT2D eigenvalue weighted by molar-refractivity contribution is -0.152. The summed E-state index contributed by atoms with van der Waals surface area (Å²) >= 11 is 5.84. The van der Waals surface area contributed by atoms with Gasteiger partial charge < -0.3 is 4.74 Å². The Labute approximate surface area is 128 Å². The molecule has 1 aliphatic rings. The molecule has 0 saturated carbocycles. The van der Waals surface area contributed by atoms with Crippen LogP contribution in [0.2, 0.25) is 5.02 Å².